The van der Waals surface area contributed by atoms with Gasteiger partial charge in [-0.3, -0.25) is 9.78 Å². The Kier molecular flexibility index (Phi) is 5.78. The highest BCUT2D eigenvalue weighted by atomic mass is 35.5. The molecule has 6 nitrogen and oxygen atoms in total. The third kappa shape index (κ3) is 4.48. The van der Waals surface area contributed by atoms with E-state index in [4.69, 9.17) is 21.1 Å². The number of carbonyl (C=O) groups is 1. The number of nitrogens with zero attached hydrogens (tertiary/aromatic N) is 1. The molecule has 3 aromatic rings. The van der Waals surface area contributed by atoms with Gasteiger partial charge in [-0.2, -0.15) is 0 Å². The Morgan fingerprint density at radius 1 is 0.963 bits per heavy atom. The third-order valence-electron chi connectivity index (χ3n) is 3.80. The smallest absolute Gasteiger partial charge is 0.257 e. The van der Waals surface area contributed by atoms with Crippen molar-refractivity contribution < 1.29 is 14.3 Å². The van der Waals surface area contributed by atoms with Crippen LogP contribution in [0.4, 0.5) is 17.1 Å². The molecule has 27 heavy (non-hydrogen) atoms. The highest BCUT2D eigenvalue weighted by Crippen LogP contribution is 2.29. The number of nitrogens with one attached hydrogen (secondary N) is 2. The van der Waals surface area contributed by atoms with Crippen LogP contribution in [0.5, 0.6) is 11.5 Å². The summed E-state index contributed by atoms with van der Waals surface area (Å²) in [4.78, 5) is 16.8. The fourth-order valence-electron chi connectivity index (χ4n) is 2.51. The summed E-state index contributed by atoms with van der Waals surface area (Å²) in [6.07, 6.45) is 3.11. The molecule has 0 atom stereocenters. The normalized spacial score (nSPS) is 10.2. The Morgan fingerprint density at radius 2 is 1.70 bits per heavy atom. The number of halogens is 1. The molecule has 0 spiro atoms. The van der Waals surface area contributed by atoms with Gasteiger partial charge in [-0.1, -0.05) is 23.7 Å². The van der Waals surface area contributed by atoms with E-state index in [1.165, 1.54) is 13.3 Å². The van der Waals surface area contributed by atoms with Crippen LogP contribution in [-0.2, 0) is 0 Å². The van der Waals surface area contributed by atoms with Gasteiger partial charge in [0.15, 0.2) is 0 Å². The van der Waals surface area contributed by atoms with Crippen molar-refractivity contribution in [1.29, 1.82) is 0 Å². The topological polar surface area (TPSA) is 72.5 Å². The lowest BCUT2D eigenvalue weighted by Gasteiger charge is -2.12. The molecule has 2 aromatic carbocycles. The molecule has 0 unspecified atom stereocenters. The van der Waals surface area contributed by atoms with Crippen molar-refractivity contribution in [1.82, 2.24) is 4.98 Å². The predicted octanol–water partition coefficient (Wildman–Crippen LogP) is 4.75. The number of amides is 1. The number of pyridine rings is 1. The summed E-state index contributed by atoms with van der Waals surface area (Å²) in [5.74, 6) is 0.881. The highest BCUT2D eigenvalue weighted by molar-refractivity contribution is 6.31. The maximum atomic E-state index is 12.6. The first-order valence-corrected chi connectivity index (χ1v) is 8.48. The van der Waals surface area contributed by atoms with Crippen LogP contribution in [-0.4, -0.2) is 25.1 Å². The first kappa shape index (κ1) is 18.5. The molecular weight excluding hydrogens is 366 g/mol. The Bertz CT molecular complexity index is 963. The summed E-state index contributed by atoms with van der Waals surface area (Å²) in [7, 11) is 3.12. The lowest BCUT2D eigenvalue weighted by Crippen LogP contribution is -2.13. The third-order valence-corrected chi connectivity index (χ3v) is 4.03. The molecule has 0 aliphatic rings. The molecule has 0 saturated carbocycles. The van der Waals surface area contributed by atoms with Crippen molar-refractivity contribution in [2.45, 2.75) is 0 Å². The summed E-state index contributed by atoms with van der Waals surface area (Å²) >= 11 is 6.01. The molecule has 0 radical (unpaired) electrons. The number of carbonyl (C=O) groups excluding carboxylic acids is 1. The second kappa shape index (κ2) is 8.42. The summed E-state index contributed by atoms with van der Waals surface area (Å²) < 4.78 is 10.6. The SMILES string of the molecule is COc1ccc(Cl)cc1NC(=O)c1cncc(Nc2ccccc2OC)c1. The van der Waals surface area contributed by atoms with Crippen LogP contribution in [0.1, 0.15) is 10.4 Å². The van der Waals surface area contributed by atoms with Gasteiger partial charge in [0.1, 0.15) is 11.5 Å². The van der Waals surface area contributed by atoms with Crippen LogP contribution in [0.15, 0.2) is 60.9 Å². The Balaban J connectivity index is 1.81. The second-order valence-electron chi connectivity index (χ2n) is 5.59. The molecular formula is C20H18ClN3O3. The Labute approximate surface area is 162 Å². The number of rotatable bonds is 6. The van der Waals surface area contributed by atoms with Gasteiger partial charge in [0.05, 0.1) is 43.0 Å². The fourth-order valence-corrected chi connectivity index (χ4v) is 2.68. The maximum absolute atomic E-state index is 12.6. The summed E-state index contributed by atoms with van der Waals surface area (Å²) in [6.45, 7) is 0. The first-order chi connectivity index (χ1) is 13.1. The number of aromatic nitrogens is 1. The van der Waals surface area contributed by atoms with E-state index >= 15 is 0 Å². The van der Waals surface area contributed by atoms with E-state index in [0.29, 0.717) is 33.5 Å². The molecule has 7 heteroatoms. The largest absolute Gasteiger partial charge is 0.495 e. The van der Waals surface area contributed by atoms with Crippen LogP contribution < -0.4 is 20.1 Å². The van der Waals surface area contributed by atoms with Gasteiger partial charge < -0.3 is 20.1 Å². The summed E-state index contributed by atoms with van der Waals surface area (Å²) in [5.41, 5.74) is 2.30. The number of para-hydroxylation sites is 2. The Hall–Kier alpha value is -3.25. The van der Waals surface area contributed by atoms with Gasteiger partial charge in [-0.25, -0.2) is 0 Å². The van der Waals surface area contributed by atoms with Crippen LogP contribution in [0.2, 0.25) is 5.02 Å². The minimum Gasteiger partial charge on any atom is -0.495 e. The number of ether oxygens (including phenoxy) is 2. The molecule has 1 aromatic heterocycles. The lowest BCUT2D eigenvalue weighted by atomic mass is 10.2. The van der Waals surface area contributed by atoms with E-state index in [1.807, 2.05) is 24.3 Å². The van der Waals surface area contributed by atoms with Crippen molar-refractivity contribution >= 4 is 34.6 Å². The van der Waals surface area contributed by atoms with Crippen molar-refractivity contribution in [2.24, 2.45) is 0 Å². The van der Waals surface area contributed by atoms with E-state index in [2.05, 4.69) is 15.6 Å². The highest BCUT2D eigenvalue weighted by Gasteiger charge is 2.12. The standard InChI is InChI=1S/C20H18ClN3O3/c1-26-18-6-4-3-5-16(18)23-15-9-13(11-22-12-15)20(25)24-17-10-14(21)7-8-19(17)27-2/h3-12,23H,1-2H3,(H,24,25). The van der Waals surface area contributed by atoms with Crippen molar-refractivity contribution in [3.63, 3.8) is 0 Å². The molecule has 1 heterocycles. The number of methoxy groups -OCH3 is 2. The van der Waals surface area contributed by atoms with Gasteiger partial charge in [0, 0.05) is 11.2 Å². The Morgan fingerprint density at radius 3 is 2.48 bits per heavy atom. The number of anilines is 3. The molecule has 3 rings (SSSR count). The van der Waals surface area contributed by atoms with E-state index in [0.717, 1.165) is 5.69 Å². The monoisotopic (exact) mass is 383 g/mol. The molecule has 138 valence electrons. The molecule has 0 bridgehead atoms. The van der Waals surface area contributed by atoms with E-state index in [1.54, 1.807) is 37.6 Å². The zero-order valence-electron chi connectivity index (χ0n) is 14.8. The van der Waals surface area contributed by atoms with Gasteiger partial charge in [-0.05, 0) is 36.4 Å². The predicted molar refractivity (Wildman–Crippen MR) is 106 cm³/mol. The summed E-state index contributed by atoms with van der Waals surface area (Å²) in [5, 5.41) is 6.49. The maximum Gasteiger partial charge on any atom is 0.257 e. The zero-order valence-corrected chi connectivity index (χ0v) is 15.6. The minimum atomic E-state index is -0.327. The van der Waals surface area contributed by atoms with Gasteiger partial charge in [0.2, 0.25) is 0 Å². The van der Waals surface area contributed by atoms with E-state index in [-0.39, 0.29) is 5.91 Å². The average Bonchev–Trinajstić information content (AvgIpc) is 2.69. The molecule has 0 fully saturated rings. The lowest BCUT2D eigenvalue weighted by molar-refractivity contribution is 0.102. The molecule has 2 N–H and O–H groups in total. The zero-order chi connectivity index (χ0) is 19.2. The van der Waals surface area contributed by atoms with Crippen LogP contribution >= 0.6 is 11.6 Å². The van der Waals surface area contributed by atoms with Crippen molar-refractivity contribution in [3.05, 3.63) is 71.5 Å². The van der Waals surface area contributed by atoms with Gasteiger partial charge in [0.25, 0.3) is 5.91 Å². The number of hydrogen-bond acceptors (Lipinski definition) is 5. The number of hydrogen-bond donors (Lipinski definition) is 2. The number of benzene rings is 2. The quantitative estimate of drug-likeness (QED) is 0.642. The van der Waals surface area contributed by atoms with Crippen molar-refractivity contribution in [2.75, 3.05) is 24.9 Å². The first-order valence-electron chi connectivity index (χ1n) is 8.10. The van der Waals surface area contributed by atoms with Crippen LogP contribution in [0.25, 0.3) is 0 Å². The molecule has 1 amide bonds. The van der Waals surface area contributed by atoms with Crippen molar-refractivity contribution in [3.8, 4) is 11.5 Å². The summed E-state index contributed by atoms with van der Waals surface area (Å²) in [6, 6.07) is 14.2. The van der Waals surface area contributed by atoms with Gasteiger partial charge >= 0.3 is 0 Å². The molecule has 0 aliphatic carbocycles. The molecule has 0 aliphatic heterocycles. The second-order valence-corrected chi connectivity index (χ2v) is 6.02. The fraction of sp³-hybridized carbons (Fsp3) is 0.100. The van der Waals surface area contributed by atoms with E-state index < -0.39 is 0 Å². The van der Waals surface area contributed by atoms with Gasteiger partial charge in [-0.15, -0.1) is 0 Å². The van der Waals surface area contributed by atoms with Crippen LogP contribution in [0.3, 0.4) is 0 Å². The minimum absolute atomic E-state index is 0.327. The van der Waals surface area contributed by atoms with Crippen LogP contribution in [0, 0.1) is 0 Å². The van der Waals surface area contributed by atoms with E-state index in [9.17, 15) is 4.79 Å². The molecule has 0 saturated heterocycles. The average molecular weight is 384 g/mol.